The van der Waals surface area contributed by atoms with Crippen LogP contribution in [-0.2, 0) is 9.59 Å². The van der Waals surface area contributed by atoms with E-state index >= 15 is 0 Å². The van der Waals surface area contributed by atoms with E-state index in [4.69, 9.17) is 4.74 Å². The van der Waals surface area contributed by atoms with E-state index in [0.717, 1.165) is 0 Å². The number of nitro groups is 1. The van der Waals surface area contributed by atoms with Crippen LogP contribution >= 0.6 is 0 Å². The van der Waals surface area contributed by atoms with Crippen molar-refractivity contribution >= 4 is 28.9 Å². The van der Waals surface area contributed by atoms with Gasteiger partial charge in [0.25, 0.3) is 5.69 Å². The SMILES string of the molecule is O=C(Nc1cccc([N+](=O)[O-])c1)[C@H]1CC(=O)N(c2ccc(Oc3ccccc3)cc2)C1. The molecule has 0 unspecified atom stereocenters. The zero-order chi connectivity index (χ0) is 21.8. The molecular weight excluding hydrogens is 398 g/mol. The Hall–Kier alpha value is -4.20. The Morgan fingerprint density at radius 3 is 2.42 bits per heavy atom. The predicted octanol–water partition coefficient (Wildman–Crippen LogP) is 4.38. The second kappa shape index (κ2) is 8.66. The molecule has 0 aromatic heterocycles. The molecule has 3 aromatic rings. The summed E-state index contributed by atoms with van der Waals surface area (Å²) in [6.45, 7) is 0.235. The fraction of sp³-hybridized carbons (Fsp3) is 0.130. The van der Waals surface area contributed by atoms with Crippen LogP contribution in [-0.4, -0.2) is 23.3 Å². The Balaban J connectivity index is 1.40. The third kappa shape index (κ3) is 4.69. The molecule has 2 amide bonds. The zero-order valence-electron chi connectivity index (χ0n) is 16.4. The van der Waals surface area contributed by atoms with Crippen LogP contribution in [0.5, 0.6) is 11.5 Å². The summed E-state index contributed by atoms with van der Waals surface area (Å²) >= 11 is 0. The molecule has 1 aliphatic heterocycles. The maximum Gasteiger partial charge on any atom is 0.271 e. The summed E-state index contributed by atoms with van der Waals surface area (Å²) in [5, 5.41) is 13.6. The quantitative estimate of drug-likeness (QED) is 0.474. The number of hydrogen-bond donors (Lipinski definition) is 1. The summed E-state index contributed by atoms with van der Waals surface area (Å²) in [6.07, 6.45) is 0.0724. The summed E-state index contributed by atoms with van der Waals surface area (Å²) in [7, 11) is 0. The molecule has 0 aliphatic carbocycles. The molecule has 156 valence electrons. The second-order valence-electron chi connectivity index (χ2n) is 7.11. The summed E-state index contributed by atoms with van der Waals surface area (Å²) in [4.78, 5) is 37.0. The van der Waals surface area contributed by atoms with Gasteiger partial charge in [-0.25, -0.2) is 0 Å². The van der Waals surface area contributed by atoms with Crippen LogP contribution in [0.25, 0.3) is 0 Å². The normalized spacial score (nSPS) is 15.5. The molecule has 1 fully saturated rings. The Morgan fingerprint density at radius 1 is 1.00 bits per heavy atom. The molecule has 1 heterocycles. The van der Waals surface area contributed by atoms with Crippen molar-refractivity contribution in [1.29, 1.82) is 0 Å². The molecule has 1 saturated heterocycles. The highest BCUT2D eigenvalue weighted by Crippen LogP contribution is 2.29. The standard InChI is InChI=1S/C23H19N3O5/c27-22-13-16(23(28)24-17-5-4-6-19(14-17)26(29)30)15-25(22)18-9-11-21(12-10-18)31-20-7-2-1-3-8-20/h1-12,14,16H,13,15H2,(H,24,28)/t16-/m0/s1. The number of benzene rings is 3. The van der Waals surface area contributed by atoms with Crippen LogP contribution in [0, 0.1) is 16.0 Å². The van der Waals surface area contributed by atoms with Crippen molar-refractivity contribution in [3.8, 4) is 11.5 Å². The lowest BCUT2D eigenvalue weighted by molar-refractivity contribution is -0.384. The van der Waals surface area contributed by atoms with E-state index in [1.54, 1.807) is 35.2 Å². The largest absolute Gasteiger partial charge is 0.457 e. The van der Waals surface area contributed by atoms with Gasteiger partial charge in [-0.15, -0.1) is 0 Å². The number of hydrogen-bond acceptors (Lipinski definition) is 5. The van der Waals surface area contributed by atoms with Gasteiger partial charge in [0.05, 0.1) is 10.8 Å². The van der Waals surface area contributed by atoms with Gasteiger partial charge in [-0.3, -0.25) is 19.7 Å². The highest BCUT2D eigenvalue weighted by molar-refractivity contribution is 6.03. The van der Waals surface area contributed by atoms with E-state index in [2.05, 4.69) is 5.32 Å². The van der Waals surface area contributed by atoms with Crippen LogP contribution in [0.15, 0.2) is 78.9 Å². The first-order valence-electron chi connectivity index (χ1n) is 9.68. The molecule has 31 heavy (non-hydrogen) atoms. The van der Waals surface area contributed by atoms with Crippen molar-refractivity contribution in [3.63, 3.8) is 0 Å². The number of carbonyl (C=O) groups is 2. The Morgan fingerprint density at radius 2 is 1.71 bits per heavy atom. The third-order valence-electron chi connectivity index (χ3n) is 4.95. The fourth-order valence-corrected chi connectivity index (χ4v) is 3.39. The van der Waals surface area contributed by atoms with Gasteiger partial charge >= 0.3 is 0 Å². The molecule has 1 aliphatic rings. The van der Waals surface area contributed by atoms with Gasteiger partial charge in [-0.05, 0) is 42.5 Å². The monoisotopic (exact) mass is 417 g/mol. The maximum absolute atomic E-state index is 12.6. The number of rotatable bonds is 6. The van der Waals surface area contributed by atoms with Crippen molar-refractivity contribution < 1.29 is 19.2 Å². The van der Waals surface area contributed by atoms with Crippen molar-refractivity contribution in [1.82, 2.24) is 0 Å². The van der Waals surface area contributed by atoms with E-state index in [1.807, 2.05) is 30.3 Å². The number of non-ortho nitro benzene ring substituents is 1. The third-order valence-corrected chi connectivity index (χ3v) is 4.95. The molecule has 1 atom stereocenters. The van der Waals surface area contributed by atoms with Crippen molar-refractivity contribution in [2.45, 2.75) is 6.42 Å². The predicted molar refractivity (Wildman–Crippen MR) is 115 cm³/mol. The van der Waals surface area contributed by atoms with E-state index in [0.29, 0.717) is 22.9 Å². The van der Waals surface area contributed by atoms with Gasteiger partial charge in [0.1, 0.15) is 11.5 Å². The lowest BCUT2D eigenvalue weighted by atomic mass is 10.1. The van der Waals surface area contributed by atoms with Gasteiger partial charge in [-0.2, -0.15) is 0 Å². The number of nitro benzene ring substituents is 1. The van der Waals surface area contributed by atoms with Crippen LogP contribution in [0.2, 0.25) is 0 Å². The van der Waals surface area contributed by atoms with Crippen LogP contribution < -0.4 is 15.0 Å². The number of anilines is 2. The molecule has 3 aromatic carbocycles. The van der Waals surface area contributed by atoms with Crippen molar-refractivity contribution in [2.24, 2.45) is 5.92 Å². The van der Waals surface area contributed by atoms with Gasteiger partial charge in [0.15, 0.2) is 0 Å². The average Bonchev–Trinajstić information content (AvgIpc) is 3.17. The summed E-state index contributed by atoms with van der Waals surface area (Å²) in [5.41, 5.74) is 0.892. The van der Waals surface area contributed by atoms with E-state index < -0.39 is 10.8 Å². The first-order valence-corrected chi connectivity index (χ1v) is 9.68. The molecule has 8 nitrogen and oxygen atoms in total. The first-order chi connectivity index (χ1) is 15.0. The molecule has 0 bridgehead atoms. The van der Waals surface area contributed by atoms with E-state index in [9.17, 15) is 19.7 Å². The maximum atomic E-state index is 12.6. The van der Waals surface area contributed by atoms with Gasteiger partial charge in [0, 0.05) is 36.5 Å². The number of nitrogens with one attached hydrogen (secondary N) is 1. The van der Waals surface area contributed by atoms with Gasteiger partial charge < -0.3 is 15.0 Å². The Kier molecular flexibility index (Phi) is 5.61. The minimum Gasteiger partial charge on any atom is -0.457 e. The van der Waals surface area contributed by atoms with Gasteiger partial charge in [-0.1, -0.05) is 24.3 Å². The lowest BCUT2D eigenvalue weighted by Gasteiger charge is -2.17. The molecule has 8 heteroatoms. The number of amides is 2. The Labute approximate surface area is 178 Å². The average molecular weight is 417 g/mol. The minimum absolute atomic E-state index is 0.0724. The number of nitrogens with zero attached hydrogens (tertiary/aromatic N) is 2. The molecule has 1 N–H and O–H groups in total. The van der Waals surface area contributed by atoms with Crippen LogP contribution in [0.1, 0.15) is 6.42 Å². The topological polar surface area (TPSA) is 102 Å². The fourth-order valence-electron chi connectivity index (χ4n) is 3.39. The molecule has 4 rings (SSSR count). The summed E-state index contributed by atoms with van der Waals surface area (Å²) < 4.78 is 5.76. The zero-order valence-corrected chi connectivity index (χ0v) is 16.4. The smallest absolute Gasteiger partial charge is 0.271 e. The second-order valence-corrected chi connectivity index (χ2v) is 7.11. The van der Waals surface area contributed by atoms with Crippen molar-refractivity contribution in [3.05, 3.63) is 89.0 Å². The summed E-state index contributed by atoms with van der Waals surface area (Å²) in [5.74, 6) is 0.301. The minimum atomic E-state index is -0.549. The van der Waals surface area contributed by atoms with Crippen LogP contribution in [0.4, 0.5) is 17.1 Å². The molecular formula is C23H19N3O5. The number of carbonyl (C=O) groups excluding carboxylic acids is 2. The highest BCUT2D eigenvalue weighted by atomic mass is 16.6. The van der Waals surface area contributed by atoms with E-state index in [-0.39, 0.29) is 30.5 Å². The molecule has 0 radical (unpaired) electrons. The van der Waals surface area contributed by atoms with E-state index in [1.165, 1.54) is 18.2 Å². The van der Waals surface area contributed by atoms with Gasteiger partial charge in [0.2, 0.25) is 11.8 Å². The Bertz CT molecular complexity index is 1120. The molecule has 0 saturated carbocycles. The molecule has 0 spiro atoms. The number of ether oxygens (including phenoxy) is 1. The van der Waals surface area contributed by atoms with Crippen molar-refractivity contribution in [2.75, 3.05) is 16.8 Å². The highest BCUT2D eigenvalue weighted by Gasteiger charge is 2.35. The van der Waals surface area contributed by atoms with Crippen LogP contribution in [0.3, 0.4) is 0 Å². The lowest BCUT2D eigenvalue weighted by Crippen LogP contribution is -2.28. The first kappa shape index (κ1) is 20.1. The summed E-state index contributed by atoms with van der Waals surface area (Å²) in [6, 6.07) is 22.2. The number of para-hydroxylation sites is 1.